The Kier molecular flexibility index (Phi) is 3.02. The largest absolute Gasteiger partial charge is 0.476 e. The summed E-state index contributed by atoms with van der Waals surface area (Å²) in [7, 11) is 0. The Bertz CT molecular complexity index is 1050. The molecule has 0 atom stereocenters. The standard InChI is InChI=1S/C16H12N6O2/c17-16-19-13-7-6-12(14(15(23)24)22(13)20-16)10-8-18-21(9-10)11-4-2-1-3-5-11/h1-9H,(H2,17,20)(H,23,24). The summed E-state index contributed by atoms with van der Waals surface area (Å²) in [6.45, 7) is 0. The first-order chi connectivity index (χ1) is 11.6. The fourth-order valence-corrected chi connectivity index (χ4v) is 2.59. The van der Waals surface area contributed by atoms with Gasteiger partial charge >= 0.3 is 5.97 Å². The Labute approximate surface area is 135 Å². The van der Waals surface area contributed by atoms with E-state index in [-0.39, 0.29) is 11.6 Å². The summed E-state index contributed by atoms with van der Waals surface area (Å²) in [6, 6.07) is 12.9. The summed E-state index contributed by atoms with van der Waals surface area (Å²) in [6.07, 6.45) is 3.38. The maximum Gasteiger partial charge on any atom is 0.355 e. The molecular weight excluding hydrogens is 308 g/mol. The van der Waals surface area contributed by atoms with Crippen LogP contribution in [0.1, 0.15) is 10.5 Å². The summed E-state index contributed by atoms with van der Waals surface area (Å²) >= 11 is 0. The number of nitrogen functional groups attached to an aromatic ring is 1. The van der Waals surface area contributed by atoms with Crippen LogP contribution in [0.15, 0.2) is 54.9 Å². The van der Waals surface area contributed by atoms with E-state index in [0.717, 1.165) is 5.69 Å². The van der Waals surface area contributed by atoms with Gasteiger partial charge in [0.2, 0.25) is 5.95 Å². The van der Waals surface area contributed by atoms with Crippen LogP contribution in [0.5, 0.6) is 0 Å². The molecule has 3 N–H and O–H groups in total. The number of carboxylic acids is 1. The second-order valence-electron chi connectivity index (χ2n) is 5.15. The Morgan fingerprint density at radius 1 is 1.12 bits per heavy atom. The van der Waals surface area contributed by atoms with Gasteiger partial charge in [-0.3, -0.25) is 0 Å². The molecule has 0 bridgehead atoms. The molecule has 3 heterocycles. The molecule has 4 rings (SSSR count). The van der Waals surface area contributed by atoms with Crippen LogP contribution in [-0.2, 0) is 0 Å². The smallest absolute Gasteiger partial charge is 0.355 e. The van der Waals surface area contributed by atoms with Crippen LogP contribution in [0.4, 0.5) is 5.95 Å². The number of hydrogen-bond donors (Lipinski definition) is 2. The van der Waals surface area contributed by atoms with Crippen molar-refractivity contribution in [3.63, 3.8) is 0 Å². The molecular formula is C16H12N6O2. The van der Waals surface area contributed by atoms with Crippen LogP contribution in [0.3, 0.4) is 0 Å². The summed E-state index contributed by atoms with van der Waals surface area (Å²) in [5.41, 5.74) is 7.97. The van der Waals surface area contributed by atoms with Gasteiger partial charge in [-0.2, -0.15) is 10.1 Å². The normalized spacial score (nSPS) is 11.0. The highest BCUT2D eigenvalue weighted by Crippen LogP contribution is 2.25. The van der Waals surface area contributed by atoms with Crippen molar-refractivity contribution in [1.29, 1.82) is 0 Å². The van der Waals surface area contributed by atoms with Gasteiger partial charge in [0.15, 0.2) is 11.3 Å². The second-order valence-corrected chi connectivity index (χ2v) is 5.15. The fourth-order valence-electron chi connectivity index (χ4n) is 2.59. The van der Waals surface area contributed by atoms with Crippen LogP contribution >= 0.6 is 0 Å². The van der Waals surface area contributed by atoms with Gasteiger partial charge < -0.3 is 10.8 Å². The molecule has 0 saturated heterocycles. The number of benzene rings is 1. The van der Waals surface area contributed by atoms with Crippen molar-refractivity contribution in [2.75, 3.05) is 5.73 Å². The van der Waals surface area contributed by atoms with Gasteiger partial charge in [0.25, 0.3) is 0 Å². The van der Waals surface area contributed by atoms with Crippen LogP contribution < -0.4 is 5.73 Å². The summed E-state index contributed by atoms with van der Waals surface area (Å²) in [5.74, 6) is -1.09. The zero-order valence-corrected chi connectivity index (χ0v) is 12.4. The lowest BCUT2D eigenvalue weighted by Crippen LogP contribution is -2.09. The van der Waals surface area contributed by atoms with Gasteiger partial charge in [-0.1, -0.05) is 18.2 Å². The molecule has 0 aliphatic carbocycles. The van der Waals surface area contributed by atoms with Gasteiger partial charge in [-0.25, -0.2) is 14.0 Å². The number of rotatable bonds is 3. The number of hydrogen-bond acceptors (Lipinski definition) is 5. The van der Waals surface area contributed by atoms with Crippen molar-refractivity contribution in [2.45, 2.75) is 0 Å². The number of aromatic carboxylic acids is 1. The Morgan fingerprint density at radius 2 is 1.92 bits per heavy atom. The number of para-hydroxylation sites is 1. The van der Waals surface area contributed by atoms with E-state index in [1.807, 2.05) is 30.3 Å². The SMILES string of the molecule is Nc1nc2ccc(-c3cnn(-c4ccccc4)c3)c(C(=O)O)n2n1. The Hall–Kier alpha value is -3.68. The van der Waals surface area contributed by atoms with Crippen molar-refractivity contribution in [2.24, 2.45) is 0 Å². The number of aromatic nitrogens is 5. The van der Waals surface area contributed by atoms with E-state index in [4.69, 9.17) is 5.73 Å². The van der Waals surface area contributed by atoms with E-state index in [2.05, 4.69) is 15.2 Å². The van der Waals surface area contributed by atoms with E-state index < -0.39 is 5.97 Å². The zero-order chi connectivity index (χ0) is 16.7. The maximum atomic E-state index is 11.7. The summed E-state index contributed by atoms with van der Waals surface area (Å²) in [4.78, 5) is 15.7. The number of carboxylic acid groups (broad SMARTS) is 1. The van der Waals surface area contributed by atoms with Gasteiger partial charge in [-0.05, 0) is 24.3 Å². The number of nitrogens with two attached hydrogens (primary N) is 1. The van der Waals surface area contributed by atoms with Crippen LogP contribution in [-0.4, -0.2) is 35.5 Å². The fraction of sp³-hybridized carbons (Fsp3) is 0. The first-order valence-corrected chi connectivity index (χ1v) is 7.12. The highest BCUT2D eigenvalue weighted by molar-refractivity contribution is 5.95. The molecule has 0 aliphatic heterocycles. The predicted molar refractivity (Wildman–Crippen MR) is 86.9 cm³/mol. The minimum Gasteiger partial charge on any atom is -0.476 e. The molecule has 24 heavy (non-hydrogen) atoms. The van der Waals surface area contributed by atoms with Crippen molar-refractivity contribution in [3.05, 3.63) is 60.6 Å². The number of pyridine rings is 1. The monoisotopic (exact) mass is 320 g/mol. The highest BCUT2D eigenvalue weighted by Gasteiger charge is 2.19. The lowest BCUT2D eigenvalue weighted by Gasteiger charge is -2.05. The lowest BCUT2D eigenvalue weighted by molar-refractivity contribution is 0.0688. The third-order valence-corrected chi connectivity index (χ3v) is 3.63. The van der Waals surface area contributed by atoms with Gasteiger partial charge in [-0.15, -0.1) is 5.10 Å². The second kappa shape index (κ2) is 5.20. The van der Waals surface area contributed by atoms with Crippen LogP contribution in [0.2, 0.25) is 0 Å². The zero-order valence-electron chi connectivity index (χ0n) is 12.4. The molecule has 4 aromatic rings. The van der Waals surface area contributed by atoms with E-state index in [1.54, 1.807) is 29.2 Å². The first-order valence-electron chi connectivity index (χ1n) is 7.12. The van der Waals surface area contributed by atoms with Crippen molar-refractivity contribution < 1.29 is 9.90 Å². The minimum atomic E-state index is -1.12. The van der Waals surface area contributed by atoms with Crippen molar-refractivity contribution >= 4 is 17.6 Å². The highest BCUT2D eigenvalue weighted by atomic mass is 16.4. The minimum absolute atomic E-state index is 0.00990. The predicted octanol–water partition coefficient (Wildman–Crippen LogP) is 1.86. The average Bonchev–Trinajstić information content (AvgIpc) is 3.20. The molecule has 8 nitrogen and oxygen atoms in total. The molecule has 0 unspecified atom stereocenters. The van der Waals surface area contributed by atoms with Crippen LogP contribution in [0, 0.1) is 0 Å². The average molecular weight is 320 g/mol. The lowest BCUT2D eigenvalue weighted by atomic mass is 10.1. The molecule has 0 spiro atoms. The number of carbonyl (C=O) groups is 1. The molecule has 0 fully saturated rings. The quantitative estimate of drug-likeness (QED) is 0.596. The molecule has 118 valence electrons. The molecule has 0 radical (unpaired) electrons. The molecule has 8 heteroatoms. The topological polar surface area (TPSA) is 111 Å². The molecule has 1 aromatic carbocycles. The first kappa shape index (κ1) is 13.9. The third kappa shape index (κ3) is 2.17. The van der Waals surface area contributed by atoms with E-state index >= 15 is 0 Å². The number of fused-ring (bicyclic) bond motifs is 1. The molecule has 3 aromatic heterocycles. The molecule has 0 amide bonds. The van der Waals surface area contributed by atoms with Gasteiger partial charge in [0.05, 0.1) is 11.9 Å². The van der Waals surface area contributed by atoms with Crippen molar-refractivity contribution in [3.8, 4) is 16.8 Å². The third-order valence-electron chi connectivity index (χ3n) is 3.63. The Balaban J connectivity index is 1.89. The van der Waals surface area contributed by atoms with E-state index in [0.29, 0.717) is 16.8 Å². The summed E-state index contributed by atoms with van der Waals surface area (Å²) < 4.78 is 2.91. The van der Waals surface area contributed by atoms with Crippen molar-refractivity contribution in [1.82, 2.24) is 24.4 Å². The molecule has 0 aliphatic rings. The Morgan fingerprint density at radius 3 is 2.67 bits per heavy atom. The van der Waals surface area contributed by atoms with E-state index in [1.165, 1.54) is 4.52 Å². The summed E-state index contributed by atoms with van der Waals surface area (Å²) in [5, 5.41) is 17.9. The number of nitrogens with zero attached hydrogens (tertiary/aromatic N) is 5. The number of anilines is 1. The maximum absolute atomic E-state index is 11.7. The van der Waals surface area contributed by atoms with Gasteiger partial charge in [0, 0.05) is 17.3 Å². The van der Waals surface area contributed by atoms with Crippen LogP contribution in [0.25, 0.3) is 22.5 Å². The molecule has 0 saturated carbocycles. The van der Waals surface area contributed by atoms with Gasteiger partial charge in [0.1, 0.15) is 0 Å². The van der Waals surface area contributed by atoms with E-state index in [9.17, 15) is 9.90 Å².